The lowest BCUT2D eigenvalue weighted by atomic mass is 10.1. The Morgan fingerprint density at radius 3 is 3.06 bits per heavy atom. The van der Waals surface area contributed by atoms with Crippen molar-refractivity contribution >= 4 is 5.91 Å². The molecule has 1 heterocycles. The van der Waals surface area contributed by atoms with Crippen LogP contribution in [0.5, 0.6) is 0 Å². The van der Waals surface area contributed by atoms with E-state index >= 15 is 0 Å². The maximum atomic E-state index is 11.5. The van der Waals surface area contributed by atoms with Gasteiger partial charge in [0.25, 0.3) is 5.91 Å². The van der Waals surface area contributed by atoms with Crippen LogP contribution in [0.15, 0.2) is 36.7 Å². The van der Waals surface area contributed by atoms with Gasteiger partial charge in [0.2, 0.25) is 0 Å². The summed E-state index contributed by atoms with van der Waals surface area (Å²) in [5, 5.41) is 12.2. The molecule has 0 saturated carbocycles. The van der Waals surface area contributed by atoms with E-state index < -0.39 is 12.0 Å². The standard InChI is InChI=1S/C11H15N3O2/c12-5-1-2-7-14-11(16)10(15)9-4-3-6-13-8-9/h1-4,6,8,10,15H,5,7,12H2,(H,14,16)/b2-1+/t10-/m1/s1. The van der Waals surface area contributed by atoms with Gasteiger partial charge in [-0.25, -0.2) is 0 Å². The average molecular weight is 221 g/mol. The van der Waals surface area contributed by atoms with Crippen molar-refractivity contribution in [3.63, 3.8) is 0 Å². The van der Waals surface area contributed by atoms with Gasteiger partial charge >= 0.3 is 0 Å². The lowest BCUT2D eigenvalue weighted by Crippen LogP contribution is -2.29. The fourth-order valence-corrected chi connectivity index (χ4v) is 1.12. The summed E-state index contributed by atoms with van der Waals surface area (Å²) in [7, 11) is 0. The number of amides is 1. The minimum Gasteiger partial charge on any atom is -0.378 e. The van der Waals surface area contributed by atoms with Gasteiger partial charge in [-0.1, -0.05) is 18.2 Å². The van der Waals surface area contributed by atoms with Gasteiger partial charge < -0.3 is 16.2 Å². The average Bonchev–Trinajstić information content (AvgIpc) is 2.34. The van der Waals surface area contributed by atoms with Gasteiger partial charge in [0.15, 0.2) is 6.10 Å². The molecule has 1 atom stereocenters. The number of aliphatic hydroxyl groups excluding tert-OH is 1. The molecule has 86 valence electrons. The molecule has 0 radical (unpaired) electrons. The Morgan fingerprint density at radius 1 is 1.62 bits per heavy atom. The fourth-order valence-electron chi connectivity index (χ4n) is 1.12. The van der Waals surface area contributed by atoms with Crippen molar-refractivity contribution in [3.8, 4) is 0 Å². The molecule has 0 aliphatic carbocycles. The van der Waals surface area contributed by atoms with E-state index in [9.17, 15) is 9.90 Å². The first-order valence-corrected chi connectivity index (χ1v) is 4.96. The Balaban J connectivity index is 2.45. The monoisotopic (exact) mass is 221 g/mol. The second kappa shape index (κ2) is 6.71. The predicted molar refractivity (Wildman–Crippen MR) is 60.4 cm³/mol. The molecular weight excluding hydrogens is 206 g/mol. The lowest BCUT2D eigenvalue weighted by Gasteiger charge is -2.09. The number of hydrogen-bond donors (Lipinski definition) is 3. The Labute approximate surface area is 94.0 Å². The highest BCUT2D eigenvalue weighted by molar-refractivity contribution is 5.81. The van der Waals surface area contributed by atoms with Crippen LogP contribution in [0.2, 0.25) is 0 Å². The Bertz CT molecular complexity index is 352. The van der Waals surface area contributed by atoms with E-state index in [1.165, 1.54) is 6.20 Å². The molecule has 0 aromatic carbocycles. The summed E-state index contributed by atoms with van der Waals surface area (Å²) < 4.78 is 0. The molecule has 0 saturated heterocycles. The van der Waals surface area contributed by atoms with E-state index in [4.69, 9.17) is 5.73 Å². The van der Waals surface area contributed by atoms with E-state index in [1.807, 2.05) is 0 Å². The highest BCUT2D eigenvalue weighted by Crippen LogP contribution is 2.09. The molecule has 16 heavy (non-hydrogen) atoms. The number of rotatable bonds is 5. The molecule has 0 aliphatic rings. The van der Waals surface area contributed by atoms with Crippen molar-refractivity contribution in [3.05, 3.63) is 42.2 Å². The van der Waals surface area contributed by atoms with Crippen LogP contribution in [-0.4, -0.2) is 29.1 Å². The number of pyridine rings is 1. The minimum atomic E-state index is -1.18. The second-order valence-corrected chi connectivity index (χ2v) is 3.14. The van der Waals surface area contributed by atoms with Gasteiger partial charge in [0.05, 0.1) is 0 Å². The quantitative estimate of drug-likeness (QED) is 0.598. The molecule has 0 bridgehead atoms. The van der Waals surface area contributed by atoms with Crippen molar-refractivity contribution in [1.82, 2.24) is 10.3 Å². The minimum absolute atomic E-state index is 0.355. The number of carbonyl (C=O) groups excluding carboxylic acids is 1. The first-order chi connectivity index (χ1) is 7.75. The number of hydrogen-bond acceptors (Lipinski definition) is 4. The van der Waals surface area contributed by atoms with Crippen molar-refractivity contribution < 1.29 is 9.90 Å². The van der Waals surface area contributed by atoms with E-state index in [0.29, 0.717) is 18.7 Å². The smallest absolute Gasteiger partial charge is 0.253 e. The highest BCUT2D eigenvalue weighted by atomic mass is 16.3. The Hall–Kier alpha value is -1.72. The number of nitrogens with zero attached hydrogens (tertiary/aromatic N) is 1. The number of nitrogens with one attached hydrogen (secondary N) is 1. The molecule has 0 aliphatic heterocycles. The molecule has 0 spiro atoms. The molecule has 0 fully saturated rings. The van der Waals surface area contributed by atoms with Crippen LogP contribution in [0.25, 0.3) is 0 Å². The van der Waals surface area contributed by atoms with Crippen LogP contribution in [0, 0.1) is 0 Å². The van der Waals surface area contributed by atoms with E-state index in [2.05, 4.69) is 10.3 Å². The third kappa shape index (κ3) is 3.80. The van der Waals surface area contributed by atoms with Gasteiger partial charge in [-0.05, 0) is 6.07 Å². The maximum Gasteiger partial charge on any atom is 0.253 e. The lowest BCUT2D eigenvalue weighted by molar-refractivity contribution is -0.129. The van der Waals surface area contributed by atoms with Crippen molar-refractivity contribution in [1.29, 1.82) is 0 Å². The SMILES string of the molecule is NC/C=C/CNC(=O)[C@H](O)c1cccnc1. The molecular formula is C11H15N3O2. The summed E-state index contributed by atoms with van der Waals surface area (Å²) in [6, 6.07) is 3.31. The summed E-state index contributed by atoms with van der Waals surface area (Å²) in [5.41, 5.74) is 5.71. The largest absolute Gasteiger partial charge is 0.378 e. The zero-order valence-corrected chi connectivity index (χ0v) is 8.84. The van der Waals surface area contributed by atoms with Crippen LogP contribution in [0.3, 0.4) is 0 Å². The van der Waals surface area contributed by atoms with E-state index in [-0.39, 0.29) is 0 Å². The summed E-state index contributed by atoms with van der Waals surface area (Å²) in [4.78, 5) is 15.3. The maximum absolute atomic E-state index is 11.5. The van der Waals surface area contributed by atoms with Crippen LogP contribution in [0.1, 0.15) is 11.7 Å². The van der Waals surface area contributed by atoms with Crippen molar-refractivity contribution in [2.75, 3.05) is 13.1 Å². The number of carbonyl (C=O) groups is 1. The van der Waals surface area contributed by atoms with Gasteiger partial charge in [0, 0.05) is 31.0 Å². The van der Waals surface area contributed by atoms with Gasteiger partial charge in [-0.15, -0.1) is 0 Å². The summed E-state index contributed by atoms with van der Waals surface area (Å²) in [6.07, 6.45) is 5.32. The number of aromatic nitrogens is 1. The molecule has 4 N–H and O–H groups in total. The zero-order valence-electron chi connectivity index (χ0n) is 8.84. The Kier molecular flexibility index (Phi) is 5.18. The summed E-state index contributed by atoms with van der Waals surface area (Å²) >= 11 is 0. The first-order valence-electron chi connectivity index (χ1n) is 4.96. The van der Waals surface area contributed by atoms with Crippen molar-refractivity contribution in [2.24, 2.45) is 5.73 Å². The molecule has 1 aromatic rings. The van der Waals surface area contributed by atoms with E-state index in [1.54, 1.807) is 30.5 Å². The predicted octanol–water partition coefficient (Wildman–Crippen LogP) is -0.254. The molecule has 5 heteroatoms. The molecule has 5 nitrogen and oxygen atoms in total. The molecule has 1 rings (SSSR count). The number of nitrogens with two attached hydrogens (primary N) is 1. The second-order valence-electron chi connectivity index (χ2n) is 3.14. The van der Waals surface area contributed by atoms with Crippen LogP contribution >= 0.6 is 0 Å². The summed E-state index contributed by atoms with van der Waals surface area (Å²) in [6.45, 7) is 0.786. The molecule has 1 aromatic heterocycles. The fraction of sp³-hybridized carbons (Fsp3) is 0.273. The first kappa shape index (κ1) is 12.4. The van der Waals surface area contributed by atoms with E-state index in [0.717, 1.165) is 0 Å². The Morgan fingerprint density at radius 2 is 2.44 bits per heavy atom. The van der Waals surface area contributed by atoms with Crippen LogP contribution in [0.4, 0.5) is 0 Å². The normalized spacial score (nSPS) is 12.6. The molecule has 1 amide bonds. The van der Waals surface area contributed by atoms with Crippen LogP contribution in [-0.2, 0) is 4.79 Å². The van der Waals surface area contributed by atoms with Crippen LogP contribution < -0.4 is 11.1 Å². The van der Waals surface area contributed by atoms with Crippen molar-refractivity contribution in [2.45, 2.75) is 6.10 Å². The topological polar surface area (TPSA) is 88.2 Å². The molecule has 0 unspecified atom stereocenters. The van der Waals surface area contributed by atoms with Gasteiger partial charge in [-0.3, -0.25) is 9.78 Å². The van der Waals surface area contributed by atoms with Gasteiger partial charge in [-0.2, -0.15) is 0 Å². The summed E-state index contributed by atoms with van der Waals surface area (Å²) in [5.74, 6) is -0.449. The third-order valence-electron chi connectivity index (χ3n) is 1.95. The highest BCUT2D eigenvalue weighted by Gasteiger charge is 2.15. The zero-order chi connectivity index (χ0) is 11.8. The third-order valence-corrected chi connectivity index (χ3v) is 1.95. The number of aliphatic hydroxyl groups is 1. The van der Waals surface area contributed by atoms with Gasteiger partial charge in [0.1, 0.15) is 0 Å².